The Morgan fingerprint density at radius 2 is 2.11 bits per heavy atom. The molecule has 2 unspecified atom stereocenters. The number of anilines is 1. The van der Waals surface area contributed by atoms with Crippen molar-refractivity contribution in [3.63, 3.8) is 0 Å². The van der Waals surface area contributed by atoms with Crippen molar-refractivity contribution in [3.05, 3.63) is 29.6 Å². The molecule has 1 aromatic rings. The van der Waals surface area contributed by atoms with Gasteiger partial charge in [-0.1, -0.05) is 0 Å². The number of nitrogen functional groups attached to an aromatic ring is 1. The molecule has 2 rings (SSSR count). The molecule has 0 heterocycles. The van der Waals surface area contributed by atoms with Gasteiger partial charge in [0.1, 0.15) is 11.9 Å². The van der Waals surface area contributed by atoms with Crippen molar-refractivity contribution < 1.29 is 18.7 Å². The maximum atomic E-state index is 13.0. The van der Waals surface area contributed by atoms with Crippen LogP contribution >= 0.6 is 0 Å². The van der Waals surface area contributed by atoms with E-state index in [4.69, 9.17) is 15.2 Å². The quantitative estimate of drug-likeness (QED) is 0.675. The van der Waals surface area contributed by atoms with Crippen molar-refractivity contribution in [2.45, 2.75) is 37.9 Å². The highest BCUT2D eigenvalue weighted by Gasteiger charge is 2.25. The van der Waals surface area contributed by atoms with Crippen molar-refractivity contribution in [3.8, 4) is 0 Å². The highest BCUT2D eigenvalue weighted by molar-refractivity contribution is 5.90. The van der Waals surface area contributed by atoms with E-state index in [-0.39, 0.29) is 23.5 Å². The van der Waals surface area contributed by atoms with Gasteiger partial charge in [-0.2, -0.15) is 0 Å². The normalized spacial score (nSPS) is 23.1. The van der Waals surface area contributed by atoms with Crippen molar-refractivity contribution in [2.75, 3.05) is 12.8 Å². The van der Waals surface area contributed by atoms with Gasteiger partial charge in [-0.25, -0.2) is 9.18 Å². The van der Waals surface area contributed by atoms with Crippen molar-refractivity contribution >= 4 is 11.7 Å². The first-order valence-electron chi connectivity index (χ1n) is 6.39. The van der Waals surface area contributed by atoms with Gasteiger partial charge in [-0.05, 0) is 37.5 Å². The Hall–Kier alpha value is -1.62. The summed E-state index contributed by atoms with van der Waals surface area (Å²) in [6.07, 6.45) is 3.51. The molecule has 0 saturated heterocycles. The summed E-state index contributed by atoms with van der Waals surface area (Å²) >= 11 is 0. The predicted octanol–water partition coefficient (Wildman–Crippen LogP) is 2.52. The van der Waals surface area contributed by atoms with Crippen LogP contribution in [-0.2, 0) is 9.47 Å². The molecule has 4 nitrogen and oxygen atoms in total. The fourth-order valence-electron chi connectivity index (χ4n) is 2.31. The standard InChI is InChI=1S/C14H18FNO3/c1-18-10-3-2-4-11(8-10)19-14(17)9-5-6-12(15)13(16)7-9/h5-7,10-11H,2-4,8,16H2,1H3. The molecule has 104 valence electrons. The third kappa shape index (κ3) is 3.44. The molecule has 0 aromatic heterocycles. The zero-order valence-corrected chi connectivity index (χ0v) is 10.9. The Balaban J connectivity index is 1.98. The van der Waals surface area contributed by atoms with Gasteiger partial charge in [-0.3, -0.25) is 0 Å². The van der Waals surface area contributed by atoms with Gasteiger partial charge in [-0.15, -0.1) is 0 Å². The summed E-state index contributed by atoms with van der Waals surface area (Å²) in [6.45, 7) is 0. The van der Waals surface area contributed by atoms with E-state index in [9.17, 15) is 9.18 Å². The molecule has 0 spiro atoms. The van der Waals surface area contributed by atoms with E-state index in [1.807, 2.05) is 0 Å². The predicted molar refractivity (Wildman–Crippen MR) is 69.3 cm³/mol. The Morgan fingerprint density at radius 1 is 1.37 bits per heavy atom. The number of halogens is 1. The fourth-order valence-corrected chi connectivity index (χ4v) is 2.31. The van der Waals surface area contributed by atoms with Crippen LogP contribution < -0.4 is 5.73 Å². The third-order valence-corrected chi connectivity index (χ3v) is 3.42. The summed E-state index contributed by atoms with van der Waals surface area (Å²) in [5.41, 5.74) is 5.66. The van der Waals surface area contributed by atoms with Gasteiger partial charge >= 0.3 is 5.97 Å². The molecule has 0 bridgehead atoms. The summed E-state index contributed by atoms with van der Waals surface area (Å²) in [4.78, 5) is 11.9. The van der Waals surface area contributed by atoms with Crippen LogP contribution in [0.5, 0.6) is 0 Å². The average molecular weight is 267 g/mol. The summed E-state index contributed by atoms with van der Waals surface area (Å²) in [7, 11) is 1.66. The Bertz CT molecular complexity index is 464. The SMILES string of the molecule is COC1CCCC(OC(=O)c2ccc(F)c(N)c2)C1. The lowest BCUT2D eigenvalue weighted by atomic mass is 9.95. The molecule has 1 fully saturated rings. The topological polar surface area (TPSA) is 61.5 Å². The lowest BCUT2D eigenvalue weighted by molar-refractivity contribution is -0.0149. The number of methoxy groups -OCH3 is 1. The van der Waals surface area contributed by atoms with Gasteiger partial charge in [0.25, 0.3) is 0 Å². The molecular weight excluding hydrogens is 249 g/mol. The number of carbonyl (C=O) groups is 1. The summed E-state index contributed by atoms with van der Waals surface area (Å²) in [5.74, 6) is -0.998. The second kappa shape index (κ2) is 6.02. The number of benzene rings is 1. The first-order valence-corrected chi connectivity index (χ1v) is 6.39. The lowest BCUT2D eigenvalue weighted by Gasteiger charge is -2.27. The van der Waals surface area contributed by atoms with Crippen LogP contribution in [0.15, 0.2) is 18.2 Å². The molecule has 5 heteroatoms. The largest absolute Gasteiger partial charge is 0.459 e. The van der Waals surface area contributed by atoms with Gasteiger partial charge in [0.15, 0.2) is 0 Å². The Labute approximate surface area is 111 Å². The molecule has 1 aromatic carbocycles. The van der Waals surface area contributed by atoms with Crippen LogP contribution in [0.3, 0.4) is 0 Å². The van der Waals surface area contributed by atoms with E-state index in [2.05, 4.69) is 0 Å². The van der Waals surface area contributed by atoms with Crippen LogP contribution in [0.4, 0.5) is 10.1 Å². The Morgan fingerprint density at radius 3 is 2.79 bits per heavy atom. The molecule has 19 heavy (non-hydrogen) atoms. The number of hydrogen-bond acceptors (Lipinski definition) is 4. The molecule has 1 aliphatic carbocycles. The van der Waals surface area contributed by atoms with Gasteiger partial charge < -0.3 is 15.2 Å². The number of ether oxygens (including phenoxy) is 2. The number of esters is 1. The smallest absolute Gasteiger partial charge is 0.338 e. The van der Waals surface area contributed by atoms with Crippen LogP contribution in [0.25, 0.3) is 0 Å². The molecule has 0 aliphatic heterocycles. The molecule has 1 aliphatic rings. The maximum Gasteiger partial charge on any atom is 0.338 e. The minimum Gasteiger partial charge on any atom is -0.459 e. The minimum absolute atomic E-state index is 0.0483. The monoisotopic (exact) mass is 267 g/mol. The summed E-state index contributed by atoms with van der Waals surface area (Å²) < 4.78 is 23.7. The van der Waals surface area contributed by atoms with Gasteiger partial charge in [0, 0.05) is 13.5 Å². The van der Waals surface area contributed by atoms with Crippen molar-refractivity contribution in [1.29, 1.82) is 0 Å². The first kappa shape index (κ1) is 13.8. The van der Waals surface area contributed by atoms with E-state index in [1.54, 1.807) is 7.11 Å². The number of rotatable bonds is 3. The van der Waals surface area contributed by atoms with Crippen LogP contribution in [0.1, 0.15) is 36.0 Å². The molecule has 0 radical (unpaired) electrons. The highest BCUT2D eigenvalue weighted by Crippen LogP contribution is 2.24. The van der Waals surface area contributed by atoms with Crippen molar-refractivity contribution in [1.82, 2.24) is 0 Å². The molecule has 2 N–H and O–H groups in total. The first-order chi connectivity index (χ1) is 9.10. The molecular formula is C14H18FNO3. The Kier molecular flexibility index (Phi) is 4.37. The number of nitrogens with two attached hydrogens (primary N) is 1. The molecule has 1 saturated carbocycles. The zero-order valence-electron chi connectivity index (χ0n) is 10.9. The summed E-state index contributed by atoms with van der Waals surface area (Å²) in [6, 6.07) is 3.85. The second-order valence-corrected chi connectivity index (χ2v) is 4.79. The van der Waals surface area contributed by atoms with Crippen LogP contribution in [0, 0.1) is 5.82 Å². The second-order valence-electron chi connectivity index (χ2n) is 4.79. The van der Waals surface area contributed by atoms with E-state index in [0.717, 1.165) is 19.3 Å². The lowest BCUT2D eigenvalue weighted by Crippen LogP contribution is -2.29. The van der Waals surface area contributed by atoms with Crippen LogP contribution in [0.2, 0.25) is 0 Å². The van der Waals surface area contributed by atoms with Gasteiger partial charge in [0.2, 0.25) is 0 Å². The van der Waals surface area contributed by atoms with Gasteiger partial charge in [0.05, 0.1) is 17.4 Å². The van der Waals surface area contributed by atoms with E-state index < -0.39 is 11.8 Å². The van der Waals surface area contributed by atoms with E-state index in [0.29, 0.717) is 6.42 Å². The summed E-state index contributed by atoms with van der Waals surface area (Å²) in [5, 5.41) is 0. The fraction of sp³-hybridized carbons (Fsp3) is 0.500. The number of hydrogen-bond donors (Lipinski definition) is 1. The van der Waals surface area contributed by atoms with E-state index >= 15 is 0 Å². The average Bonchev–Trinajstić information content (AvgIpc) is 2.42. The maximum absolute atomic E-state index is 13.0. The van der Waals surface area contributed by atoms with Crippen LogP contribution in [-0.4, -0.2) is 25.3 Å². The highest BCUT2D eigenvalue weighted by atomic mass is 19.1. The van der Waals surface area contributed by atoms with E-state index in [1.165, 1.54) is 18.2 Å². The zero-order chi connectivity index (χ0) is 13.8. The third-order valence-electron chi connectivity index (χ3n) is 3.42. The minimum atomic E-state index is -0.534. The van der Waals surface area contributed by atoms with Crippen molar-refractivity contribution in [2.24, 2.45) is 0 Å². The molecule has 0 amide bonds. The molecule has 2 atom stereocenters. The number of carbonyl (C=O) groups excluding carboxylic acids is 1.